The Labute approximate surface area is 235 Å². The lowest BCUT2D eigenvalue weighted by Crippen LogP contribution is -2.44. The van der Waals surface area contributed by atoms with E-state index in [2.05, 4.69) is 22.8 Å². The molecule has 3 aromatic rings. The Balaban J connectivity index is 1.45. The summed E-state index contributed by atoms with van der Waals surface area (Å²) in [5.74, 6) is 1.70. The van der Waals surface area contributed by atoms with Gasteiger partial charge in [-0.2, -0.15) is 0 Å². The Morgan fingerprint density at radius 2 is 1.85 bits per heavy atom. The number of anilines is 2. The molecule has 1 saturated carbocycles. The maximum Gasteiger partial charge on any atom is 0.238 e. The number of carbonyl (C=O) groups excluding carboxylic acids is 1. The SMILES string of the molecule is COc1ccc(CN2C(=O)C3(CCC3)c3cc(/C(=C/C=N)Nc4ccccc4)cc(OC4CCNCC4)c32)cc1. The van der Waals surface area contributed by atoms with Crippen LogP contribution in [-0.2, 0) is 16.8 Å². The van der Waals surface area contributed by atoms with E-state index >= 15 is 0 Å². The lowest BCUT2D eigenvalue weighted by atomic mass is 9.65. The van der Waals surface area contributed by atoms with Gasteiger partial charge in [0.25, 0.3) is 0 Å². The number of carbonyl (C=O) groups is 1. The van der Waals surface area contributed by atoms with E-state index in [-0.39, 0.29) is 12.0 Å². The molecule has 0 bridgehead atoms. The van der Waals surface area contributed by atoms with Gasteiger partial charge in [0.15, 0.2) is 0 Å². The minimum atomic E-state index is -0.521. The first-order chi connectivity index (χ1) is 19.6. The van der Waals surface area contributed by atoms with E-state index in [1.807, 2.05) is 59.5 Å². The van der Waals surface area contributed by atoms with E-state index in [1.54, 1.807) is 13.2 Å². The highest BCUT2D eigenvalue weighted by atomic mass is 16.5. The van der Waals surface area contributed by atoms with Crippen molar-refractivity contribution in [2.75, 3.05) is 30.4 Å². The molecule has 1 amide bonds. The van der Waals surface area contributed by atoms with Gasteiger partial charge in [-0.15, -0.1) is 0 Å². The second-order valence-electron chi connectivity index (χ2n) is 10.9. The van der Waals surface area contributed by atoms with Crippen LogP contribution in [0.4, 0.5) is 11.4 Å². The number of rotatable bonds is 9. The first-order valence-corrected chi connectivity index (χ1v) is 14.2. The van der Waals surface area contributed by atoms with Crippen molar-refractivity contribution in [1.82, 2.24) is 5.32 Å². The fourth-order valence-corrected chi connectivity index (χ4v) is 6.11. The number of allylic oxidation sites excluding steroid dienone is 1. The third-order valence-corrected chi connectivity index (χ3v) is 8.42. The number of piperidine rings is 1. The molecule has 3 aliphatic rings. The molecule has 1 saturated heterocycles. The summed E-state index contributed by atoms with van der Waals surface area (Å²) in [5, 5.41) is 14.8. The topological polar surface area (TPSA) is 86.7 Å². The average Bonchev–Trinajstić information content (AvgIpc) is 3.22. The van der Waals surface area contributed by atoms with Crippen LogP contribution in [0, 0.1) is 5.41 Å². The Morgan fingerprint density at radius 3 is 2.50 bits per heavy atom. The maximum absolute atomic E-state index is 14.2. The molecule has 7 heteroatoms. The third-order valence-electron chi connectivity index (χ3n) is 8.42. The summed E-state index contributed by atoms with van der Waals surface area (Å²) >= 11 is 0. The third kappa shape index (κ3) is 4.86. The van der Waals surface area contributed by atoms with Crippen molar-refractivity contribution in [2.24, 2.45) is 0 Å². The molecule has 3 aromatic carbocycles. The summed E-state index contributed by atoms with van der Waals surface area (Å²) in [6.45, 7) is 2.31. The minimum absolute atomic E-state index is 0.0775. The number of ether oxygens (including phenoxy) is 2. The van der Waals surface area contributed by atoms with Gasteiger partial charge in [0.05, 0.1) is 24.8 Å². The maximum atomic E-state index is 14.2. The molecular weight excluding hydrogens is 500 g/mol. The smallest absolute Gasteiger partial charge is 0.238 e. The number of methoxy groups -OCH3 is 1. The predicted molar refractivity (Wildman–Crippen MR) is 160 cm³/mol. The van der Waals surface area contributed by atoms with Crippen molar-refractivity contribution in [1.29, 1.82) is 5.41 Å². The first-order valence-electron chi connectivity index (χ1n) is 14.2. The molecule has 2 fully saturated rings. The van der Waals surface area contributed by atoms with Crippen LogP contribution >= 0.6 is 0 Å². The van der Waals surface area contributed by atoms with Crippen LogP contribution in [0.2, 0.25) is 0 Å². The molecule has 0 unspecified atom stereocenters. The molecule has 2 aliphatic heterocycles. The van der Waals surface area contributed by atoms with Crippen molar-refractivity contribution in [3.8, 4) is 11.5 Å². The Morgan fingerprint density at radius 1 is 1.10 bits per heavy atom. The molecule has 2 heterocycles. The van der Waals surface area contributed by atoms with Gasteiger partial charge < -0.3 is 30.4 Å². The van der Waals surface area contributed by atoms with Crippen LogP contribution in [0.3, 0.4) is 0 Å². The highest BCUT2D eigenvalue weighted by Gasteiger charge is 2.55. The molecule has 1 spiro atoms. The molecule has 1 aliphatic carbocycles. The summed E-state index contributed by atoms with van der Waals surface area (Å²) < 4.78 is 12.1. The Hall–Kier alpha value is -4.10. The van der Waals surface area contributed by atoms with E-state index in [9.17, 15) is 4.79 Å². The Kier molecular flexibility index (Phi) is 7.30. The van der Waals surface area contributed by atoms with Gasteiger partial charge in [0, 0.05) is 23.2 Å². The largest absolute Gasteiger partial charge is 0.497 e. The van der Waals surface area contributed by atoms with Gasteiger partial charge >= 0.3 is 0 Å². The zero-order valence-corrected chi connectivity index (χ0v) is 22.9. The van der Waals surface area contributed by atoms with Crippen molar-refractivity contribution in [3.63, 3.8) is 0 Å². The van der Waals surface area contributed by atoms with Crippen LogP contribution in [0.15, 0.2) is 72.8 Å². The summed E-state index contributed by atoms with van der Waals surface area (Å²) in [6.07, 6.45) is 7.68. The molecule has 7 nitrogen and oxygen atoms in total. The lowest BCUT2D eigenvalue weighted by molar-refractivity contribution is -0.126. The van der Waals surface area contributed by atoms with Gasteiger partial charge in [0.1, 0.15) is 17.6 Å². The van der Waals surface area contributed by atoms with Crippen LogP contribution in [0.1, 0.15) is 48.8 Å². The quantitative estimate of drug-likeness (QED) is 0.297. The zero-order chi connectivity index (χ0) is 27.5. The van der Waals surface area contributed by atoms with Crippen molar-refractivity contribution >= 4 is 29.2 Å². The van der Waals surface area contributed by atoms with E-state index in [0.717, 1.165) is 90.5 Å². The normalized spacial score (nSPS) is 18.3. The molecule has 0 atom stereocenters. The number of nitrogens with one attached hydrogen (secondary N) is 3. The van der Waals surface area contributed by atoms with Crippen molar-refractivity contribution in [2.45, 2.75) is 50.2 Å². The summed E-state index contributed by atoms with van der Waals surface area (Å²) in [7, 11) is 1.66. The second kappa shape index (κ2) is 11.2. The molecule has 0 radical (unpaired) electrons. The summed E-state index contributed by atoms with van der Waals surface area (Å²) in [4.78, 5) is 16.2. The van der Waals surface area contributed by atoms with Crippen LogP contribution < -0.4 is 25.0 Å². The highest BCUT2D eigenvalue weighted by molar-refractivity contribution is 6.10. The van der Waals surface area contributed by atoms with E-state index in [0.29, 0.717) is 6.54 Å². The van der Waals surface area contributed by atoms with Gasteiger partial charge in [-0.25, -0.2) is 0 Å². The van der Waals surface area contributed by atoms with E-state index < -0.39 is 5.41 Å². The number of hydrogen-bond acceptors (Lipinski definition) is 6. The van der Waals surface area contributed by atoms with Crippen LogP contribution in [-0.4, -0.2) is 38.4 Å². The lowest BCUT2D eigenvalue weighted by Gasteiger charge is -2.37. The number of hydrogen-bond donors (Lipinski definition) is 3. The molecule has 6 rings (SSSR count). The second-order valence-corrected chi connectivity index (χ2v) is 10.9. The molecular formula is C33H36N4O3. The molecule has 206 valence electrons. The molecule has 40 heavy (non-hydrogen) atoms. The monoisotopic (exact) mass is 536 g/mol. The van der Waals surface area contributed by atoms with E-state index in [1.165, 1.54) is 6.21 Å². The fraction of sp³-hybridized carbons (Fsp3) is 0.333. The van der Waals surface area contributed by atoms with Gasteiger partial charge in [0.2, 0.25) is 5.91 Å². The summed E-state index contributed by atoms with van der Waals surface area (Å²) in [5.41, 5.74) is 5.12. The molecule has 3 N–H and O–H groups in total. The standard InChI is InChI=1S/C33H36N4O3/c1-39-26-10-8-23(9-11-26)22-37-31-28(33(32(37)38)15-5-16-33)20-24(21-30(31)40-27-13-18-35-19-14-27)29(12-17-34)36-25-6-3-2-4-7-25/h2-4,6-12,17,20-21,27,34-36H,5,13-16,18-19,22H2,1H3/b29-12-,34-17?. The highest BCUT2D eigenvalue weighted by Crippen LogP contribution is 2.57. The minimum Gasteiger partial charge on any atom is -0.497 e. The van der Waals surface area contributed by atoms with Crippen molar-refractivity contribution in [3.05, 3.63) is 89.5 Å². The summed E-state index contributed by atoms with van der Waals surface area (Å²) in [6, 6.07) is 22.1. The Bertz CT molecular complexity index is 1410. The predicted octanol–water partition coefficient (Wildman–Crippen LogP) is 5.90. The van der Waals surface area contributed by atoms with Crippen molar-refractivity contribution < 1.29 is 14.3 Å². The average molecular weight is 537 g/mol. The number of nitrogens with zero attached hydrogens (tertiary/aromatic N) is 1. The fourth-order valence-electron chi connectivity index (χ4n) is 6.11. The molecule has 0 aromatic heterocycles. The first kappa shape index (κ1) is 26.1. The number of benzene rings is 3. The number of para-hydroxylation sites is 1. The number of fused-ring (bicyclic) bond motifs is 2. The van der Waals surface area contributed by atoms with E-state index in [4.69, 9.17) is 14.9 Å². The van der Waals surface area contributed by atoms with Gasteiger partial charge in [-0.05, 0) is 92.4 Å². The van der Waals surface area contributed by atoms with Gasteiger partial charge in [-0.1, -0.05) is 36.8 Å². The van der Waals surface area contributed by atoms with Crippen LogP contribution in [0.5, 0.6) is 11.5 Å². The van der Waals surface area contributed by atoms with Gasteiger partial charge in [-0.3, -0.25) is 4.79 Å². The van der Waals surface area contributed by atoms with Crippen LogP contribution in [0.25, 0.3) is 5.70 Å². The number of amides is 1. The zero-order valence-electron chi connectivity index (χ0n) is 22.9.